The van der Waals surface area contributed by atoms with Crippen molar-refractivity contribution in [2.45, 2.75) is 32.4 Å². The van der Waals surface area contributed by atoms with Crippen LogP contribution in [0, 0.1) is 0 Å². The Morgan fingerprint density at radius 1 is 1.53 bits per heavy atom. The van der Waals surface area contributed by atoms with Crippen molar-refractivity contribution in [1.82, 2.24) is 9.88 Å². The Kier molecular flexibility index (Phi) is 5.29. The fourth-order valence-corrected chi connectivity index (χ4v) is 1.65. The lowest BCUT2D eigenvalue weighted by molar-refractivity contribution is 0.114. The number of rotatable bonds is 6. The molecule has 0 saturated heterocycles. The van der Waals surface area contributed by atoms with Gasteiger partial charge in [0.05, 0.1) is 6.10 Å². The van der Waals surface area contributed by atoms with E-state index in [9.17, 15) is 5.11 Å². The molecule has 1 atom stereocenters. The lowest BCUT2D eigenvalue weighted by Crippen LogP contribution is -2.28. The van der Waals surface area contributed by atoms with Gasteiger partial charge in [-0.15, -0.1) is 0 Å². The van der Waals surface area contributed by atoms with Gasteiger partial charge in [0.15, 0.2) is 0 Å². The van der Waals surface area contributed by atoms with E-state index in [2.05, 4.69) is 22.9 Å². The first-order chi connectivity index (χ1) is 7.22. The van der Waals surface area contributed by atoms with Crippen LogP contribution in [0.5, 0.6) is 0 Å². The molecule has 0 spiro atoms. The molecule has 1 aromatic heterocycles. The number of aliphatic hydroxyl groups is 1. The topological polar surface area (TPSA) is 36.4 Å². The average Bonchev–Trinajstić information content (AvgIpc) is 2.19. The lowest BCUT2D eigenvalue weighted by Gasteiger charge is -2.19. The zero-order chi connectivity index (χ0) is 11.1. The van der Waals surface area contributed by atoms with Crippen LogP contribution in [0.4, 0.5) is 0 Å². The van der Waals surface area contributed by atoms with Gasteiger partial charge in [-0.05, 0) is 25.1 Å². The molecular formula is C12H20N2O. The van der Waals surface area contributed by atoms with E-state index in [0.717, 1.165) is 25.9 Å². The monoisotopic (exact) mass is 208 g/mol. The van der Waals surface area contributed by atoms with Crippen LogP contribution in [0.25, 0.3) is 0 Å². The molecule has 0 aromatic carbocycles. The molecule has 0 fully saturated rings. The van der Waals surface area contributed by atoms with Crippen LogP contribution in [0.15, 0.2) is 24.5 Å². The highest BCUT2D eigenvalue weighted by Gasteiger charge is 2.07. The van der Waals surface area contributed by atoms with Gasteiger partial charge in [0.1, 0.15) is 0 Å². The van der Waals surface area contributed by atoms with Crippen molar-refractivity contribution in [2.75, 3.05) is 13.6 Å². The van der Waals surface area contributed by atoms with E-state index in [1.807, 2.05) is 19.3 Å². The largest absolute Gasteiger partial charge is 0.392 e. The maximum Gasteiger partial charge on any atom is 0.0667 e. The first-order valence-corrected chi connectivity index (χ1v) is 5.48. The fraction of sp³-hybridized carbons (Fsp3) is 0.583. The van der Waals surface area contributed by atoms with Gasteiger partial charge in [-0.2, -0.15) is 0 Å². The Morgan fingerprint density at radius 3 is 2.93 bits per heavy atom. The Morgan fingerprint density at radius 2 is 2.33 bits per heavy atom. The number of nitrogens with zero attached hydrogens (tertiary/aromatic N) is 2. The second-order valence-electron chi connectivity index (χ2n) is 4.00. The number of aliphatic hydroxyl groups excluding tert-OH is 1. The van der Waals surface area contributed by atoms with E-state index in [4.69, 9.17) is 0 Å². The summed E-state index contributed by atoms with van der Waals surface area (Å²) in [7, 11) is 2.02. The highest BCUT2D eigenvalue weighted by molar-refractivity contribution is 5.07. The molecule has 0 aliphatic rings. The summed E-state index contributed by atoms with van der Waals surface area (Å²) in [5.74, 6) is 0. The van der Waals surface area contributed by atoms with Gasteiger partial charge in [-0.3, -0.25) is 9.88 Å². The summed E-state index contributed by atoms with van der Waals surface area (Å²) in [5, 5.41) is 9.64. The number of likely N-dealkylation sites (N-methyl/N-ethyl adjacent to an activating group) is 1. The van der Waals surface area contributed by atoms with Gasteiger partial charge >= 0.3 is 0 Å². The summed E-state index contributed by atoms with van der Waals surface area (Å²) in [6, 6.07) is 3.99. The molecule has 15 heavy (non-hydrogen) atoms. The number of hydrogen-bond acceptors (Lipinski definition) is 3. The third-order valence-electron chi connectivity index (χ3n) is 2.32. The molecule has 84 valence electrons. The van der Waals surface area contributed by atoms with E-state index in [1.165, 1.54) is 5.56 Å². The molecule has 0 amide bonds. The summed E-state index contributed by atoms with van der Waals surface area (Å²) in [6.45, 7) is 3.65. The van der Waals surface area contributed by atoms with E-state index in [-0.39, 0.29) is 6.10 Å². The first kappa shape index (κ1) is 12.1. The molecular weight excluding hydrogens is 188 g/mol. The summed E-state index contributed by atoms with van der Waals surface area (Å²) in [5.41, 5.74) is 1.18. The second-order valence-corrected chi connectivity index (χ2v) is 4.00. The Labute approximate surface area is 91.8 Å². The van der Waals surface area contributed by atoms with Crippen molar-refractivity contribution in [3.05, 3.63) is 30.1 Å². The van der Waals surface area contributed by atoms with Crippen molar-refractivity contribution in [2.24, 2.45) is 0 Å². The van der Waals surface area contributed by atoms with Crippen molar-refractivity contribution in [3.63, 3.8) is 0 Å². The number of pyridine rings is 1. The molecule has 1 rings (SSSR count). The Bertz CT molecular complexity index is 264. The predicted octanol–water partition coefficient (Wildman–Crippen LogP) is 1.67. The average molecular weight is 208 g/mol. The maximum atomic E-state index is 9.64. The van der Waals surface area contributed by atoms with Crippen LogP contribution in [0.3, 0.4) is 0 Å². The maximum absolute atomic E-state index is 9.64. The van der Waals surface area contributed by atoms with Crippen molar-refractivity contribution in [1.29, 1.82) is 0 Å². The third kappa shape index (κ3) is 4.91. The molecule has 0 radical (unpaired) electrons. The van der Waals surface area contributed by atoms with Crippen LogP contribution in [0.1, 0.15) is 25.3 Å². The Hall–Kier alpha value is -0.930. The minimum atomic E-state index is -0.211. The quantitative estimate of drug-likeness (QED) is 0.772. The Balaban J connectivity index is 2.33. The smallest absolute Gasteiger partial charge is 0.0667 e. The first-order valence-electron chi connectivity index (χ1n) is 5.48. The summed E-state index contributed by atoms with van der Waals surface area (Å²) < 4.78 is 0. The van der Waals surface area contributed by atoms with Crippen molar-refractivity contribution in [3.8, 4) is 0 Å². The van der Waals surface area contributed by atoms with Gasteiger partial charge in [0.2, 0.25) is 0 Å². The second kappa shape index (κ2) is 6.53. The fourth-order valence-electron chi connectivity index (χ4n) is 1.65. The lowest BCUT2D eigenvalue weighted by atomic mass is 10.2. The van der Waals surface area contributed by atoms with Gasteiger partial charge < -0.3 is 5.11 Å². The number of hydrogen-bond donors (Lipinski definition) is 1. The summed E-state index contributed by atoms with van der Waals surface area (Å²) in [6.07, 6.45) is 5.33. The van der Waals surface area contributed by atoms with E-state index in [1.54, 1.807) is 6.20 Å². The number of aromatic nitrogens is 1. The van der Waals surface area contributed by atoms with Crippen molar-refractivity contribution >= 4 is 0 Å². The van der Waals surface area contributed by atoms with Crippen LogP contribution in [-0.4, -0.2) is 34.7 Å². The molecule has 1 N–H and O–H groups in total. The summed E-state index contributed by atoms with van der Waals surface area (Å²) >= 11 is 0. The van der Waals surface area contributed by atoms with Gasteiger partial charge in [0.25, 0.3) is 0 Å². The normalized spacial score (nSPS) is 13.1. The third-order valence-corrected chi connectivity index (χ3v) is 2.32. The van der Waals surface area contributed by atoms with Gasteiger partial charge in [0, 0.05) is 25.5 Å². The minimum absolute atomic E-state index is 0.211. The minimum Gasteiger partial charge on any atom is -0.392 e. The predicted molar refractivity (Wildman–Crippen MR) is 61.5 cm³/mol. The molecule has 3 heteroatoms. The van der Waals surface area contributed by atoms with Crippen LogP contribution in [-0.2, 0) is 6.54 Å². The zero-order valence-electron chi connectivity index (χ0n) is 9.56. The molecule has 3 nitrogen and oxygen atoms in total. The highest BCUT2D eigenvalue weighted by Crippen LogP contribution is 2.03. The van der Waals surface area contributed by atoms with E-state index in [0.29, 0.717) is 0 Å². The molecule has 1 aromatic rings. The van der Waals surface area contributed by atoms with E-state index >= 15 is 0 Å². The van der Waals surface area contributed by atoms with E-state index < -0.39 is 0 Å². The zero-order valence-corrected chi connectivity index (χ0v) is 9.56. The molecule has 0 aliphatic heterocycles. The van der Waals surface area contributed by atoms with Crippen LogP contribution < -0.4 is 0 Å². The summed E-state index contributed by atoms with van der Waals surface area (Å²) in [4.78, 5) is 6.19. The molecule has 0 aliphatic carbocycles. The van der Waals surface area contributed by atoms with Crippen LogP contribution >= 0.6 is 0 Å². The molecule has 1 unspecified atom stereocenters. The molecule has 1 heterocycles. The van der Waals surface area contributed by atoms with Gasteiger partial charge in [-0.25, -0.2) is 0 Å². The highest BCUT2D eigenvalue weighted by atomic mass is 16.3. The van der Waals surface area contributed by atoms with Crippen molar-refractivity contribution < 1.29 is 5.11 Å². The van der Waals surface area contributed by atoms with Crippen LogP contribution in [0.2, 0.25) is 0 Å². The van der Waals surface area contributed by atoms with Gasteiger partial charge in [-0.1, -0.05) is 19.4 Å². The molecule has 0 saturated carbocycles. The SMILES string of the molecule is CCCC(O)CN(C)Cc1cccnc1. The standard InChI is InChI=1S/C12H20N2O/c1-3-5-12(15)10-14(2)9-11-6-4-7-13-8-11/h4,6-8,12,15H,3,5,9-10H2,1-2H3. The molecule has 0 bridgehead atoms.